The molecule has 2 fully saturated rings. The second kappa shape index (κ2) is 9.37. The fraction of sp³-hybridized carbons (Fsp3) is 0.667. The lowest BCUT2D eigenvalue weighted by molar-refractivity contribution is -0.148. The molecule has 0 bridgehead atoms. The highest BCUT2D eigenvalue weighted by Gasteiger charge is 2.60. The molecule has 34 heavy (non-hydrogen) atoms. The smallest absolute Gasteiger partial charge is 0.406 e. The quantitative estimate of drug-likeness (QED) is 0.321. The van der Waals surface area contributed by atoms with Gasteiger partial charge in [-0.25, -0.2) is 19.6 Å². The van der Waals surface area contributed by atoms with E-state index in [1.54, 1.807) is 43.9 Å². The zero-order valence-corrected chi connectivity index (χ0v) is 21.5. The van der Waals surface area contributed by atoms with Gasteiger partial charge < -0.3 is 15.2 Å². The van der Waals surface area contributed by atoms with Crippen LogP contribution in [0.1, 0.15) is 40.8 Å². The van der Waals surface area contributed by atoms with Crippen LogP contribution in [0.15, 0.2) is 18.6 Å². The normalized spacial score (nSPS) is 32.3. The molecular formula is C21H31ClN5O6P. The molecule has 2 aromatic rings. The van der Waals surface area contributed by atoms with E-state index in [1.807, 2.05) is 13.8 Å². The van der Waals surface area contributed by atoms with Crippen molar-refractivity contribution in [1.82, 2.24) is 19.6 Å². The minimum Gasteiger partial charge on any atom is -0.464 e. The molecule has 0 radical (unpaired) electrons. The van der Waals surface area contributed by atoms with Crippen LogP contribution in [0.3, 0.4) is 0 Å². The number of nitrogens with one attached hydrogen (secondary N) is 1. The summed E-state index contributed by atoms with van der Waals surface area (Å²) in [5, 5.41) is 2.93. The van der Waals surface area contributed by atoms with Gasteiger partial charge in [-0.3, -0.25) is 18.4 Å². The van der Waals surface area contributed by atoms with Crippen molar-refractivity contribution in [1.29, 1.82) is 0 Å². The van der Waals surface area contributed by atoms with Gasteiger partial charge in [0.25, 0.3) is 0 Å². The summed E-state index contributed by atoms with van der Waals surface area (Å²) in [5.74, 6) is -0.613. The van der Waals surface area contributed by atoms with Crippen molar-refractivity contribution in [2.24, 2.45) is 11.8 Å². The van der Waals surface area contributed by atoms with Gasteiger partial charge in [-0.2, -0.15) is 0 Å². The number of anilines is 1. The number of carbonyl (C=O) groups is 1. The molecule has 188 valence electrons. The lowest BCUT2D eigenvalue weighted by atomic mass is 10.0. The van der Waals surface area contributed by atoms with Gasteiger partial charge in [-0.1, -0.05) is 27.7 Å². The van der Waals surface area contributed by atoms with E-state index in [0.717, 1.165) is 0 Å². The lowest BCUT2D eigenvalue weighted by Crippen LogP contribution is -2.47. The zero-order valence-electron chi connectivity index (χ0n) is 19.8. The molecule has 0 unspecified atom stereocenters. The van der Waals surface area contributed by atoms with Gasteiger partial charge in [0, 0.05) is 6.20 Å². The third-order valence-corrected chi connectivity index (χ3v) is 8.13. The highest BCUT2D eigenvalue weighted by Crippen LogP contribution is 2.58. The highest BCUT2D eigenvalue weighted by molar-refractivity contribution is 7.51. The summed E-state index contributed by atoms with van der Waals surface area (Å²) < 4.78 is 38.3. The van der Waals surface area contributed by atoms with Crippen molar-refractivity contribution in [3.8, 4) is 0 Å². The molecule has 4 heterocycles. The van der Waals surface area contributed by atoms with Gasteiger partial charge in [0.2, 0.25) is 0 Å². The Morgan fingerprint density at radius 3 is 2.82 bits per heavy atom. The molecule has 2 aliphatic rings. The van der Waals surface area contributed by atoms with E-state index in [4.69, 9.17) is 35.9 Å². The van der Waals surface area contributed by atoms with Crippen LogP contribution in [0.25, 0.3) is 11.2 Å². The van der Waals surface area contributed by atoms with Gasteiger partial charge in [-0.15, -0.1) is 11.6 Å². The van der Waals surface area contributed by atoms with Crippen molar-refractivity contribution in [3.05, 3.63) is 18.6 Å². The van der Waals surface area contributed by atoms with E-state index in [9.17, 15) is 9.36 Å². The largest absolute Gasteiger partial charge is 0.464 e. The van der Waals surface area contributed by atoms with Gasteiger partial charge in [0.15, 0.2) is 11.9 Å². The van der Waals surface area contributed by atoms with Crippen LogP contribution in [0, 0.1) is 11.8 Å². The number of fused-ring (bicyclic) bond motifs is 2. The summed E-state index contributed by atoms with van der Waals surface area (Å²) in [6.07, 6.45) is 1.11. The van der Waals surface area contributed by atoms with E-state index in [0.29, 0.717) is 16.9 Å². The number of hydrogen-bond donors (Lipinski definition) is 2. The van der Waals surface area contributed by atoms with Gasteiger partial charge in [0.1, 0.15) is 29.2 Å². The minimum absolute atomic E-state index is 0.00650. The number of aromatic nitrogens is 3. The van der Waals surface area contributed by atoms with Crippen LogP contribution < -0.4 is 10.8 Å². The van der Waals surface area contributed by atoms with Crippen molar-refractivity contribution in [2.75, 3.05) is 18.9 Å². The molecule has 0 spiro atoms. The first-order valence-corrected chi connectivity index (χ1v) is 13.1. The van der Waals surface area contributed by atoms with Crippen LogP contribution in [0.2, 0.25) is 0 Å². The Bertz CT molecular complexity index is 1110. The molecule has 3 N–H and O–H groups in total. The summed E-state index contributed by atoms with van der Waals surface area (Å²) in [6.45, 7) is 9.13. The fourth-order valence-corrected chi connectivity index (χ4v) is 6.35. The van der Waals surface area contributed by atoms with E-state index < -0.39 is 37.1 Å². The standard InChI is InChI=1S/C21H31ClN5O6P/c1-11(2)14(8-30-19(28)12(3)4)26-34(29)31-9-15-17(33-34)21(5,22)20(32-15)27-10-25-16-13(23)6-7-24-18(16)27/h6-7,10-12,14-15,17,20H,8-9H2,1-5H3,(H2,23,24)(H,26,29)/t14-,15-,17-,20-,21-,34+/m1/s1. The van der Waals surface area contributed by atoms with Crippen LogP contribution in [-0.2, 0) is 27.9 Å². The molecule has 4 rings (SSSR count). The average Bonchev–Trinajstić information content (AvgIpc) is 3.30. The Morgan fingerprint density at radius 1 is 1.41 bits per heavy atom. The predicted octanol–water partition coefficient (Wildman–Crippen LogP) is 3.25. The fourth-order valence-electron chi connectivity index (χ4n) is 3.97. The summed E-state index contributed by atoms with van der Waals surface area (Å²) in [5.41, 5.74) is 7.55. The third kappa shape index (κ3) is 4.69. The summed E-state index contributed by atoms with van der Waals surface area (Å²) in [4.78, 5) is 19.5. The Labute approximate surface area is 203 Å². The van der Waals surface area contributed by atoms with Crippen molar-refractivity contribution >= 4 is 42.2 Å². The second-order valence-electron chi connectivity index (χ2n) is 9.49. The van der Waals surface area contributed by atoms with E-state index in [-0.39, 0.29) is 31.0 Å². The topological polar surface area (TPSA) is 140 Å². The first kappa shape index (κ1) is 25.3. The van der Waals surface area contributed by atoms with Crippen molar-refractivity contribution in [3.63, 3.8) is 0 Å². The highest BCUT2D eigenvalue weighted by atomic mass is 35.5. The molecule has 0 aromatic carbocycles. The van der Waals surface area contributed by atoms with E-state index in [1.165, 1.54) is 0 Å². The third-order valence-electron chi connectivity index (χ3n) is 6.09. The van der Waals surface area contributed by atoms with Crippen LogP contribution in [0.4, 0.5) is 5.69 Å². The number of ether oxygens (including phenoxy) is 2. The zero-order chi connectivity index (χ0) is 24.8. The van der Waals surface area contributed by atoms with Crippen molar-refractivity contribution in [2.45, 2.75) is 64.0 Å². The lowest BCUT2D eigenvalue weighted by Gasteiger charge is -2.37. The first-order valence-electron chi connectivity index (χ1n) is 11.2. The Kier molecular flexibility index (Phi) is 6.98. The number of alkyl halides is 1. The molecule has 0 saturated carbocycles. The molecular weight excluding hydrogens is 485 g/mol. The number of imidazole rings is 1. The second-order valence-corrected chi connectivity index (χ2v) is 12.0. The molecule has 0 aliphatic carbocycles. The predicted molar refractivity (Wildman–Crippen MR) is 126 cm³/mol. The summed E-state index contributed by atoms with van der Waals surface area (Å²) in [6, 6.07) is 1.21. The van der Waals surface area contributed by atoms with E-state index in [2.05, 4.69) is 15.1 Å². The molecule has 0 amide bonds. The van der Waals surface area contributed by atoms with E-state index >= 15 is 0 Å². The number of halogens is 1. The number of nitrogens with zero attached hydrogens (tertiary/aromatic N) is 3. The van der Waals surface area contributed by atoms with Crippen LogP contribution in [0.5, 0.6) is 0 Å². The number of esters is 1. The number of pyridine rings is 1. The van der Waals surface area contributed by atoms with Crippen LogP contribution in [-0.4, -0.2) is 56.8 Å². The van der Waals surface area contributed by atoms with Crippen molar-refractivity contribution < 1.29 is 27.9 Å². The maximum Gasteiger partial charge on any atom is 0.406 e. The number of carbonyl (C=O) groups excluding carboxylic acids is 1. The van der Waals surface area contributed by atoms with Gasteiger partial charge in [0.05, 0.1) is 30.6 Å². The van der Waals surface area contributed by atoms with Crippen LogP contribution >= 0.6 is 19.3 Å². The summed E-state index contributed by atoms with van der Waals surface area (Å²) >= 11 is 6.97. The minimum atomic E-state index is -3.78. The Hall–Kier alpha value is -1.75. The molecule has 11 nitrogen and oxygen atoms in total. The molecule has 6 atom stereocenters. The average molecular weight is 516 g/mol. The monoisotopic (exact) mass is 515 g/mol. The SMILES string of the molecule is CC(C)C(=O)OC[C@@H](N[P@]1(=O)OC[C@H]2O[C@@H](n3cnc4c(N)ccnc43)[C@](C)(Cl)[C@@H]2O1)C(C)C. The molecule has 2 aliphatic heterocycles. The number of nitrogens with two attached hydrogens (primary N) is 1. The number of nitrogen functional groups attached to an aromatic ring is 1. The number of rotatable bonds is 7. The molecule has 2 saturated heterocycles. The Balaban J connectivity index is 1.52. The Morgan fingerprint density at radius 2 is 2.15 bits per heavy atom. The maximum absolute atomic E-state index is 13.5. The summed E-state index contributed by atoms with van der Waals surface area (Å²) in [7, 11) is -3.78. The molecule has 2 aromatic heterocycles. The first-order chi connectivity index (χ1) is 15.9. The molecule has 13 heteroatoms. The number of hydrogen-bond acceptors (Lipinski definition) is 9. The van der Waals surface area contributed by atoms with Gasteiger partial charge >= 0.3 is 13.7 Å². The maximum atomic E-state index is 13.5. The van der Waals surface area contributed by atoms with Gasteiger partial charge in [-0.05, 0) is 18.9 Å².